The van der Waals surface area contributed by atoms with Crippen molar-refractivity contribution in [3.63, 3.8) is 0 Å². The summed E-state index contributed by atoms with van der Waals surface area (Å²) in [5, 5.41) is 3.56. The van der Waals surface area contributed by atoms with E-state index in [2.05, 4.69) is 10.3 Å². The molecule has 6 heteroatoms. The van der Waals surface area contributed by atoms with E-state index in [0.717, 1.165) is 5.56 Å². The van der Waals surface area contributed by atoms with Gasteiger partial charge in [0.1, 0.15) is 5.25 Å². The Kier molecular flexibility index (Phi) is 3.59. The highest BCUT2D eigenvalue weighted by atomic mass is 35.5. The number of carbonyl (C=O) groups is 1. The van der Waals surface area contributed by atoms with Gasteiger partial charge in [-0.15, -0.1) is 0 Å². The van der Waals surface area contributed by atoms with Crippen molar-refractivity contribution in [3.8, 4) is 0 Å². The van der Waals surface area contributed by atoms with Gasteiger partial charge in [0.05, 0.1) is 17.3 Å². The quantitative estimate of drug-likeness (QED) is 0.863. The molecule has 3 N–H and O–H groups in total. The highest BCUT2D eigenvalue weighted by molar-refractivity contribution is 8.15. The Morgan fingerprint density at radius 1 is 1.65 bits per heavy atom. The number of hydrogen-bond donors (Lipinski definition) is 2. The molecule has 1 aliphatic heterocycles. The third kappa shape index (κ3) is 2.73. The number of nitrogens with one attached hydrogen (secondary N) is 1. The number of thioether (sulfide) groups is 1. The van der Waals surface area contributed by atoms with Crippen LogP contribution >= 0.6 is 23.4 Å². The van der Waals surface area contributed by atoms with Crippen LogP contribution in [0.25, 0.3) is 0 Å². The van der Waals surface area contributed by atoms with Crippen LogP contribution in [0.2, 0.25) is 5.02 Å². The Balaban J connectivity index is 2.09. The van der Waals surface area contributed by atoms with Crippen LogP contribution in [0.4, 0.5) is 5.69 Å². The fourth-order valence-electron chi connectivity index (χ4n) is 1.52. The number of carbonyl (C=O) groups excluding carboxylic acids is 1. The number of amides is 1. The maximum absolute atomic E-state index is 11.9. The first-order chi connectivity index (χ1) is 8.08. The second-order valence-corrected chi connectivity index (χ2v) is 5.34. The van der Waals surface area contributed by atoms with Crippen molar-refractivity contribution in [2.24, 2.45) is 10.7 Å². The maximum atomic E-state index is 11.9. The first kappa shape index (κ1) is 12.3. The summed E-state index contributed by atoms with van der Waals surface area (Å²) in [5.74, 6) is -0.115. The zero-order valence-corrected chi connectivity index (χ0v) is 10.8. The summed E-state index contributed by atoms with van der Waals surface area (Å²) < 4.78 is 0. The Morgan fingerprint density at radius 3 is 3.00 bits per heavy atom. The molecule has 0 bridgehead atoms. The van der Waals surface area contributed by atoms with E-state index in [9.17, 15) is 4.79 Å². The van der Waals surface area contributed by atoms with E-state index >= 15 is 0 Å². The van der Waals surface area contributed by atoms with Crippen LogP contribution < -0.4 is 11.1 Å². The standard InChI is InChI=1S/C11H12ClN3OS/c1-6-3-2-4-7(12)9(6)15-10(16)8-5-14-11(13)17-8/h2-4,8H,5H2,1H3,(H2,13,14)(H,15,16). The van der Waals surface area contributed by atoms with Gasteiger partial charge in [-0.05, 0) is 18.6 Å². The summed E-state index contributed by atoms with van der Waals surface area (Å²) in [6.07, 6.45) is 0. The molecule has 0 spiro atoms. The Morgan fingerprint density at radius 2 is 2.41 bits per heavy atom. The van der Waals surface area contributed by atoms with E-state index in [0.29, 0.717) is 22.4 Å². The van der Waals surface area contributed by atoms with Gasteiger partial charge in [-0.2, -0.15) is 0 Å². The Bertz CT molecular complexity index is 469. The molecule has 1 aromatic carbocycles. The molecule has 90 valence electrons. The third-order valence-corrected chi connectivity index (χ3v) is 3.77. The van der Waals surface area contributed by atoms with Crippen LogP contribution in [-0.2, 0) is 4.79 Å². The molecule has 1 unspecified atom stereocenters. The highest BCUT2D eigenvalue weighted by Crippen LogP contribution is 2.27. The van der Waals surface area contributed by atoms with Gasteiger partial charge in [0, 0.05) is 0 Å². The molecule has 2 rings (SSSR count). The van der Waals surface area contributed by atoms with Gasteiger partial charge < -0.3 is 11.1 Å². The molecule has 0 aromatic heterocycles. The van der Waals surface area contributed by atoms with Crippen LogP contribution in [-0.4, -0.2) is 22.9 Å². The molecule has 1 aliphatic rings. The Hall–Kier alpha value is -1.20. The highest BCUT2D eigenvalue weighted by Gasteiger charge is 2.25. The first-order valence-corrected chi connectivity index (χ1v) is 6.36. The molecule has 0 radical (unpaired) electrons. The predicted octanol–water partition coefficient (Wildman–Crippen LogP) is 2.02. The van der Waals surface area contributed by atoms with Gasteiger partial charge in [0.25, 0.3) is 0 Å². The molecular weight excluding hydrogens is 258 g/mol. The molecule has 1 aromatic rings. The van der Waals surface area contributed by atoms with Crippen LogP contribution in [0.1, 0.15) is 5.56 Å². The Labute approximate surface area is 109 Å². The van der Waals surface area contributed by atoms with Crippen molar-refractivity contribution >= 4 is 40.1 Å². The number of anilines is 1. The molecular formula is C11H12ClN3OS. The van der Waals surface area contributed by atoms with Crippen molar-refractivity contribution in [1.82, 2.24) is 0 Å². The molecule has 1 heterocycles. The van der Waals surface area contributed by atoms with E-state index < -0.39 is 0 Å². The lowest BCUT2D eigenvalue weighted by atomic mass is 10.2. The summed E-state index contributed by atoms with van der Waals surface area (Å²) in [6, 6.07) is 5.49. The van der Waals surface area contributed by atoms with Gasteiger partial charge in [-0.1, -0.05) is 35.5 Å². The minimum absolute atomic E-state index is 0.115. The van der Waals surface area contributed by atoms with Crippen molar-refractivity contribution in [1.29, 1.82) is 0 Å². The second kappa shape index (κ2) is 4.98. The summed E-state index contributed by atoms with van der Waals surface area (Å²) in [7, 11) is 0. The van der Waals surface area contributed by atoms with Gasteiger partial charge in [-0.3, -0.25) is 9.79 Å². The van der Waals surface area contributed by atoms with E-state index in [1.165, 1.54) is 11.8 Å². The van der Waals surface area contributed by atoms with E-state index in [4.69, 9.17) is 17.3 Å². The van der Waals surface area contributed by atoms with Crippen LogP contribution in [0.3, 0.4) is 0 Å². The monoisotopic (exact) mass is 269 g/mol. The number of para-hydroxylation sites is 1. The molecule has 0 fully saturated rings. The second-order valence-electron chi connectivity index (χ2n) is 3.71. The molecule has 0 aliphatic carbocycles. The lowest BCUT2D eigenvalue weighted by molar-refractivity contribution is -0.115. The molecule has 1 amide bonds. The van der Waals surface area contributed by atoms with E-state index in [1.54, 1.807) is 6.07 Å². The molecule has 1 atom stereocenters. The summed E-state index contributed by atoms with van der Waals surface area (Å²) in [6.45, 7) is 2.32. The normalized spacial score (nSPS) is 18.9. The van der Waals surface area contributed by atoms with Gasteiger partial charge in [0.2, 0.25) is 5.91 Å². The number of halogens is 1. The molecule has 0 saturated heterocycles. The fourth-order valence-corrected chi connectivity index (χ4v) is 2.55. The number of aliphatic imine (C=N–C) groups is 1. The van der Waals surface area contributed by atoms with Gasteiger partial charge in [0.15, 0.2) is 5.17 Å². The van der Waals surface area contributed by atoms with Crippen LogP contribution in [0, 0.1) is 6.92 Å². The van der Waals surface area contributed by atoms with Crippen molar-refractivity contribution in [2.45, 2.75) is 12.2 Å². The van der Waals surface area contributed by atoms with Crippen molar-refractivity contribution in [2.75, 3.05) is 11.9 Å². The number of hydrogen-bond acceptors (Lipinski definition) is 4. The summed E-state index contributed by atoms with van der Waals surface area (Å²) in [4.78, 5) is 15.9. The van der Waals surface area contributed by atoms with Crippen molar-refractivity contribution in [3.05, 3.63) is 28.8 Å². The van der Waals surface area contributed by atoms with E-state index in [-0.39, 0.29) is 11.2 Å². The minimum Gasteiger partial charge on any atom is -0.379 e. The minimum atomic E-state index is -0.259. The SMILES string of the molecule is Cc1cccc(Cl)c1NC(=O)C1CN=C(N)S1. The van der Waals surface area contributed by atoms with Crippen molar-refractivity contribution < 1.29 is 4.79 Å². The van der Waals surface area contributed by atoms with Crippen LogP contribution in [0.15, 0.2) is 23.2 Å². The molecule has 17 heavy (non-hydrogen) atoms. The smallest absolute Gasteiger partial charge is 0.239 e. The van der Waals surface area contributed by atoms with Gasteiger partial charge >= 0.3 is 0 Å². The number of rotatable bonds is 2. The van der Waals surface area contributed by atoms with Gasteiger partial charge in [-0.25, -0.2) is 0 Å². The van der Waals surface area contributed by atoms with Crippen LogP contribution in [0.5, 0.6) is 0 Å². The summed E-state index contributed by atoms with van der Waals surface area (Å²) in [5.41, 5.74) is 7.11. The summed E-state index contributed by atoms with van der Waals surface area (Å²) >= 11 is 7.31. The lowest BCUT2D eigenvalue weighted by Crippen LogP contribution is -2.26. The first-order valence-electron chi connectivity index (χ1n) is 5.10. The average molecular weight is 270 g/mol. The third-order valence-electron chi connectivity index (χ3n) is 2.44. The number of benzene rings is 1. The largest absolute Gasteiger partial charge is 0.379 e. The number of amidine groups is 1. The zero-order valence-electron chi connectivity index (χ0n) is 9.24. The fraction of sp³-hybridized carbons (Fsp3) is 0.273. The maximum Gasteiger partial charge on any atom is 0.239 e. The molecule has 4 nitrogen and oxygen atoms in total. The molecule has 0 saturated carbocycles. The van der Waals surface area contributed by atoms with E-state index in [1.807, 2.05) is 19.1 Å². The zero-order chi connectivity index (χ0) is 12.4. The number of nitrogens with two attached hydrogens (primary N) is 1. The average Bonchev–Trinajstić information content (AvgIpc) is 2.70. The lowest BCUT2D eigenvalue weighted by Gasteiger charge is -2.12. The predicted molar refractivity (Wildman–Crippen MR) is 72.7 cm³/mol. The number of nitrogens with zero attached hydrogens (tertiary/aromatic N) is 1. The topological polar surface area (TPSA) is 67.5 Å². The number of aryl methyl sites for hydroxylation is 1.